The van der Waals surface area contributed by atoms with Gasteiger partial charge in [0.05, 0.1) is 0 Å². The predicted octanol–water partition coefficient (Wildman–Crippen LogP) is 2.59. The van der Waals surface area contributed by atoms with Gasteiger partial charge in [-0.2, -0.15) is 0 Å². The Bertz CT molecular complexity index is 226. The average Bonchev–Trinajstić information content (AvgIpc) is 2.17. The molecule has 14 heavy (non-hydrogen) atoms. The zero-order chi connectivity index (χ0) is 10.6. The summed E-state index contributed by atoms with van der Waals surface area (Å²) in [5, 5.41) is 2.69. The molecule has 2 nitrogen and oxygen atoms in total. The maximum atomic E-state index is 10.9. The number of likely N-dealkylation sites (N-methyl/N-ethyl adjacent to an activating group) is 1. The molecule has 78 valence electrons. The summed E-state index contributed by atoms with van der Waals surface area (Å²) in [6, 6.07) is 0. The van der Waals surface area contributed by atoms with Gasteiger partial charge in [-0.25, -0.2) is 0 Å². The van der Waals surface area contributed by atoms with Crippen LogP contribution in [0.1, 0.15) is 26.7 Å². The number of unbranched alkanes of at least 4 members (excludes halogenated alkanes) is 1. The molecule has 1 amide bonds. The number of carbonyl (C=O) groups excluding carboxylic acids is 1. The summed E-state index contributed by atoms with van der Waals surface area (Å²) in [5.74, 6) is -0.0365. The molecule has 0 spiro atoms. The van der Waals surface area contributed by atoms with E-state index in [1.165, 1.54) is 6.08 Å². The number of hydrogen-bond donors (Lipinski definition) is 1. The van der Waals surface area contributed by atoms with E-state index >= 15 is 0 Å². The fraction of sp³-hybridized carbons (Fsp3) is 0.417. The van der Waals surface area contributed by atoms with E-state index in [0.717, 1.165) is 12.8 Å². The van der Waals surface area contributed by atoms with Gasteiger partial charge in [0.25, 0.3) is 0 Å². The van der Waals surface area contributed by atoms with E-state index in [1.54, 1.807) is 6.08 Å². The molecular formula is C12H19NO. The average molecular weight is 193 g/mol. The number of amides is 1. The Labute approximate surface area is 86.4 Å². The van der Waals surface area contributed by atoms with E-state index in [1.807, 2.05) is 26.0 Å². The Balaban J connectivity index is 3.54. The second-order valence-corrected chi connectivity index (χ2v) is 2.83. The second-order valence-electron chi connectivity index (χ2n) is 2.83. The van der Waals surface area contributed by atoms with Gasteiger partial charge in [-0.15, -0.1) is 0 Å². The normalized spacial score (nSPS) is 11.9. The van der Waals surface area contributed by atoms with Gasteiger partial charge in [0.2, 0.25) is 5.91 Å². The van der Waals surface area contributed by atoms with E-state index in [2.05, 4.69) is 17.5 Å². The largest absolute Gasteiger partial charge is 0.353 e. The molecule has 0 rings (SSSR count). The number of nitrogens with one attached hydrogen (secondary N) is 1. The molecule has 0 fully saturated rings. The fourth-order valence-electron chi connectivity index (χ4n) is 0.910. The zero-order valence-electron chi connectivity index (χ0n) is 8.99. The Morgan fingerprint density at radius 1 is 1.21 bits per heavy atom. The molecule has 0 aromatic heterocycles. The quantitative estimate of drug-likeness (QED) is 0.299. The van der Waals surface area contributed by atoms with Crippen molar-refractivity contribution in [2.45, 2.75) is 26.7 Å². The SMILES string of the molecule is CC=CCCC=CC=CC(=O)NCC. The van der Waals surface area contributed by atoms with Crippen LogP contribution in [-0.4, -0.2) is 12.5 Å². The zero-order valence-corrected chi connectivity index (χ0v) is 8.99. The molecule has 1 N–H and O–H groups in total. The highest BCUT2D eigenvalue weighted by Gasteiger charge is 1.86. The molecule has 0 aliphatic carbocycles. The molecule has 0 heterocycles. The summed E-state index contributed by atoms with van der Waals surface area (Å²) in [7, 11) is 0. The van der Waals surface area contributed by atoms with Crippen molar-refractivity contribution in [2.75, 3.05) is 6.54 Å². The van der Waals surface area contributed by atoms with E-state index in [0.29, 0.717) is 6.54 Å². The Morgan fingerprint density at radius 2 is 1.93 bits per heavy atom. The maximum absolute atomic E-state index is 10.9. The van der Waals surface area contributed by atoms with Crippen molar-refractivity contribution in [2.24, 2.45) is 0 Å². The van der Waals surface area contributed by atoms with Crippen LogP contribution in [0.4, 0.5) is 0 Å². The standard InChI is InChI=1S/C12H19NO/c1-3-5-6-7-8-9-10-11-12(14)13-4-2/h3,5,8-11H,4,6-7H2,1-2H3,(H,13,14). The first-order valence-electron chi connectivity index (χ1n) is 5.03. The van der Waals surface area contributed by atoms with Crippen LogP contribution in [0.15, 0.2) is 36.5 Å². The third-order valence-electron chi connectivity index (χ3n) is 1.58. The molecule has 0 aliphatic rings. The Morgan fingerprint density at radius 3 is 2.57 bits per heavy atom. The molecule has 0 bridgehead atoms. The second kappa shape index (κ2) is 9.78. The first kappa shape index (κ1) is 12.7. The van der Waals surface area contributed by atoms with Crippen LogP contribution in [-0.2, 0) is 4.79 Å². The lowest BCUT2D eigenvalue weighted by Crippen LogP contribution is -2.19. The van der Waals surface area contributed by atoms with E-state index in [-0.39, 0.29) is 5.91 Å². The first-order valence-corrected chi connectivity index (χ1v) is 5.03. The van der Waals surface area contributed by atoms with Crippen LogP contribution in [0.2, 0.25) is 0 Å². The van der Waals surface area contributed by atoms with Gasteiger partial charge >= 0.3 is 0 Å². The molecule has 0 unspecified atom stereocenters. The van der Waals surface area contributed by atoms with Crippen molar-refractivity contribution in [1.29, 1.82) is 0 Å². The minimum Gasteiger partial charge on any atom is -0.353 e. The molecule has 0 radical (unpaired) electrons. The summed E-state index contributed by atoms with van der Waals surface area (Å²) < 4.78 is 0. The summed E-state index contributed by atoms with van der Waals surface area (Å²) in [6.45, 7) is 4.59. The van der Waals surface area contributed by atoms with E-state index < -0.39 is 0 Å². The first-order chi connectivity index (χ1) is 6.81. The molecule has 0 saturated heterocycles. The minimum absolute atomic E-state index is 0.0365. The van der Waals surface area contributed by atoms with Gasteiger partial charge in [-0.05, 0) is 26.7 Å². The van der Waals surface area contributed by atoms with Crippen molar-refractivity contribution >= 4 is 5.91 Å². The molecular weight excluding hydrogens is 174 g/mol. The highest BCUT2D eigenvalue weighted by atomic mass is 16.1. The van der Waals surface area contributed by atoms with E-state index in [9.17, 15) is 4.79 Å². The molecule has 0 aromatic carbocycles. The molecule has 2 heteroatoms. The van der Waals surface area contributed by atoms with Crippen molar-refractivity contribution < 1.29 is 4.79 Å². The minimum atomic E-state index is -0.0365. The van der Waals surface area contributed by atoms with Crippen molar-refractivity contribution in [3.05, 3.63) is 36.5 Å². The number of hydrogen-bond acceptors (Lipinski definition) is 1. The van der Waals surface area contributed by atoms with Crippen LogP contribution in [0.3, 0.4) is 0 Å². The molecule has 0 aromatic rings. The van der Waals surface area contributed by atoms with Gasteiger partial charge in [0.1, 0.15) is 0 Å². The summed E-state index contributed by atoms with van der Waals surface area (Å²) in [4.78, 5) is 10.9. The molecule has 0 aliphatic heterocycles. The van der Waals surface area contributed by atoms with Gasteiger partial charge in [-0.1, -0.05) is 30.4 Å². The van der Waals surface area contributed by atoms with Crippen LogP contribution in [0, 0.1) is 0 Å². The van der Waals surface area contributed by atoms with Crippen LogP contribution >= 0.6 is 0 Å². The van der Waals surface area contributed by atoms with E-state index in [4.69, 9.17) is 0 Å². The monoisotopic (exact) mass is 193 g/mol. The predicted molar refractivity (Wildman–Crippen MR) is 61.0 cm³/mol. The third-order valence-corrected chi connectivity index (χ3v) is 1.58. The lowest BCUT2D eigenvalue weighted by molar-refractivity contribution is -0.116. The smallest absolute Gasteiger partial charge is 0.243 e. The van der Waals surface area contributed by atoms with Crippen LogP contribution in [0.5, 0.6) is 0 Å². The fourth-order valence-corrected chi connectivity index (χ4v) is 0.910. The maximum Gasteiger partial charge on any atom is 0.243 e. The van der Waals surface area contributed by atoms with Gasteiger partial charge < -0.3 is 5.32 Å². The van der Waals surface area contributed by atoms with Gasteiger partial charge in [-0.3, -0.25) is 4.79 Å². The highest BCUT2D eigenvalue weighted by molar-refractivity contribution is 5.87. The van der Waals surface area contributed by atoms with Crippen molar-refractivity contribution in [1.82, 2.24) is 5.32 Å². The third kappa shape index (κ3) is 8.78. The number of carbonyl (C=O) groups is 1. The topological polar surface area (TPSA) is 29.1 Å². The lowest BCUT2D eigenvalue weighted by Gasteiger charge is -1.92. The lowest BCUT2D eigenvalue weighted by atomic mass is 10.2. The summed E-state index contributed by atoms with van der Waals surface area (Å²) in [6.07, 6.45) is 13.5. The number of allylic oxidation sites excluding steroid dienone is 5. The molecule has 0 saturated carbocycles. The highest BCUT2D eigenvalue weighted by Crippen LogP contribution is 1.92. The van der Waals surface area contributed by atoms with Gasteiger partial charge in [0.15, 0.2) is 0 Å². The summed E-state index contributed by atoms with van der Waals surface area (Å²) in [5.41, 5.74) is 0. The number of rotatable bonds is 6. The van der Waals surface area contributed by atoms with Crippen molar-refractivity contribution in [3.63, 3.8) is 0 Å². The van der Waals surface area contributed by atoms with Crippen molar-refractivity contribution in [3.8, 4) is 0 Å². The van der Waals surface area contributed by atoms with Crippen LogP contribution in [0.25, 0.3) is 0 Å². The summed E-state index contributed by atoms with van der Waals surface area (Å²) >= 11 is 0. The van der Waals surface area contributed by atoms with Gasteiger partial charge in [0, 0.05) is 12.6 Å². The Kier molecular flexibility index (Phi) is 8.86. The molecule has 0 atom stereocenters. The Hall–Kier alpha value is -1.31. The van der Waals surface area contributed by atoms with Crippen LogP contribution < -0.4 is 5.32 Å².